The Bertz CT molecular complexity index is 1170. The number of pyridine rings is 1. The van der Waals surface area contributed by atoms with E-state index >= 15 is 0 Å². The molecule has 0 aliphatic carbocycles. The second-order valence-electron chi connectivity index (χ2n) is 6.12. The van der Waals surface area contributed by atoms with Crippen LogP contribution in [0.25, 0.3) is 10.9 Å². The van der Waals surface area contributed by atoms with E-state index in [1.54, 1.807) is 36.4 Å². The summed E-state index contributed by atoms with van der Waals surface area (Å²) in [5, 5.41) is 21.5. The molecule has 0 saturated heterocycles. The molecule has 9 nitrogen and oxygen atoms in total. The fourth-order valence-corrected chi connectivity index (χ4v) is 2.82. The lowest BCUT2D eigenvalue weighted by molar-refractivity contribution is -0.135. The van der Waals surface area contributed by atoms with E-state index in [0.717, 1.165) is 0 Å². The lowest BCUT2D eigenvalue weighted by Crippen LogP contribution is -2.35. The Morgan fingerprint density at radius 2 is 1.79 bits per heavy atom. The third kappa shape index (κ3) is 3.98. The summed E-state index contributed by atoms with van der Waals surface area (Å²) in [7, 11) is 2.98. The summed E-state index contributed by atoms with van der Waals surface area (Å²) >= 11 is 0. The van der Waals surface area contributed by atoms with Gasteiger partial charge < -0.3 is 29.6 Å². The van der Waals surface area contributed by atoms with Crippen molar-refractivity contribution in [3.8, 4) is 23.0 Å². The van der Waals surface area contributed by atoms with Gasteiger partial charge in [-0.3, -0.25) is 14.4 Å². The number of methoxy groups -OCH3 is 1. The highest BCUT2D eigenvalue weighted by molar-refractivity contribution is 6.03. The molecule has 9 heteroatoms. The van der Waals surface area contributed by atoms with Crippen LogP contribution in [0.4, 0.5) is 0 Å². The fourth-order valence-electron chi connectivity index (χ4n) is 2.82. The number of carboxylic acids is 1. The molecular weight excluding hydrogens is 380 g/mol. The van der Waals surface area contributed by atoms with Crippen LogP contribution in [0.2, 0.25) is 0 Å². The summed E-state index contributed by atoms with van der Waals surface area (Å²) in [6, 6.07) is 11.6. The van der Waals surface area contributed by atoms with Crippen molar-refractivity contribution in [1.29, 1.82) is 0 Å². The molecule has 0 atom stereocenters. The summed E-state index contributed by atoms with van der Waals surface area (Å²) in [6.45, 7) is -0.674. The minimum absolute atomic E-state index is 0.241. The predicted octanol–water partition coefficient (Wildman–Crippen LogP) is 1.86. The molecular formula is C20H18N2O7. The normalized spacial score (nSPS) is 10.6. The number of hydrogen-bond acceptors (Lipinski definition) is 6. The van der Waals surface area contributed by atoms with Gasteiger partial charge >= 0.3 is 5.97 Å². The van der Waals surface area contributed by atoms with Crippen molar-refractivity contribution in [2.75, 3.05) is 13.7 Å². The van der Waals surface area contributed by atoms with Crippen LogP contribution in [0, 0.1) is 0 Å². The second kappa shape index (κ2) is 7.93. The summed E-state index contributed by atoms with van der Waals surface area (Å²) in [5.74, 6) is -1.23. The molecule has 29 heavy (non-hydrogen) atoms. The van der Waals surface area contributed by atoms with E-state index in [-0.39, 0.29) is 5.39 Å². The van der Waals surface area contributed by atoms with Crippen LogP contribution in [0.5, 0.6) is 23.0 Å². The van der Waals surface area contributed by atoms with Gasteiger partial charge in [0.1, 0.15) is 35.1 Å². The lowest BCUT2D eigenvalue weighted by atomic mass is 10.1. The standard InChI is InChI=1S/C20H18N2O7/c1-22-15-9-13(29-12-5-3-4-11(8-12)28-2)6-7-14(15)18(25)17(20(22)27)19(26)21-10-16(23)24/h3-9,25H,10H2,1-2H3,(H,21,26)(H,23,24). The number of amides is 1. The third-order valence-electron chi connectivity index (χ3n) is 4.25. The summed E-state index contributed by atoms with van der Waals surface area (Å²) in [6.07, 6.45) is 0. The van der Waals surface area contributed by atoms with Crippen LogP contribution in [-0.2, 0) is 11.8 Å². The topological polar surface area (TPSA) is 127 Å². The van der Waals surface area contributed by atoms with Crippen molar-refractivity contribution in [1.82, 2.24) is 9.88 Å². The quantitative estimate of drug-likeness (QED) is 0.578. The van der Waals surface area contributed by atoms with Crippen LogP contribution in [0.1, 0.15) is 10.4 Å². The van der Waals surface area contributed by atoms with Gasteiger partial charge in [0, 0.05) is 24.6 Å². The molecule has 2 aromatic carbocycles. The fraction of sp³-hybridized carbons (Fsp3) is 0.150. The van der Waals surface area contributed by atoms with Gasteiger partial charge in [0.05, 0.1) is 12.6 Å². The first-order valence-corrected chi connectivity index (χ1v) is 8.49. The molecule has 0 saturated carbocycles. The molecule has 0 spiro atoms. The molecule has 3 N–H and O–H groups in total. The maximum Gasteiger partial charge on any atom is 0.322 e. The first-order chi connectivity index (χ1) is 13.8. The summed E-state index contributed by atoms with van der Waals surface area (Å²) in [5.41, 5.74) is -0.957. The predicted molar refractivity (Wildman–Crippen MR) is 104 cm³/mol. The SMILES string of the molecule is COc1cccc(Oc2ccc3c(O)c(C(=O)NCC(=O)O)c(=O)n(C)c3c2)c1. The lowest BCUT2D eigenvalue weighted by Gasteiger charge is -2.13. The number of hydrogen-bond donors (Lipinski definition) is 3. The third-order valence-corrected chi connectivity index (χ3v) is 4.25. The first-order valence-electron chi connectivity index (χ1n) is 8.49. The minimum Gasteiger partial charge on any atom is -0.506 e. The van der Waals surface area contributed by atoms with E-state index in [0.29, 0.717) is 22.8 Å². The average Bonchev–Trinajstić information content (AvgIpc) is 2.70. The monoisotopic (exact) mass is 398 g/mol. The van der Waals surface area contributed by atoms with Crippen LogP contribution < -0.4 is 20.3 Å². The van der Waals surface area contributed by atoms with Gasteiger partial charge in [0.15, 0.2) is 0 Å². The molecule has 1 heterocycles. The average molecular weight is 398 g/mol. The highest BCUT2D eigenvalue weighted by atomic mass is 16.5. The molecule has 1 aromatic heterocycles. The zero-order chi connectivity index (χ0) is 21.1. The van der Waals surface area contributed by atoms with E-state index in [9.17, 15) is 19.5 Å². The molecule has 0 aliphatic rings. The first kappa shape index (κ1) is 19.7. The Hall–Kier alpha value is -4.01. The number of carbonyl (C=O) groups is 2. The number of aryl methyl sites for hydroxylation is 1. The second-order valence-corrected chi connectivity index (χ2v) is 6.12. The zero-order valence-electron chi connectivity index (χ0n) is 15.6. The molecule has 3 rings (SSSR count). The summed E-state index contributed by atoms with van der Waals surface area (Å²) in [4.78, 5) is 35.4. The number of carbonyl (C=O) groups excluding carboxylic acids is 1. The van der Waals surface area contributed by atoms with Gasteiger partial charge in [-0.25, -0.2) is 0 Å². The van der Waals surface area contributed by atoms with Crippen molar-refractivity contribution < 1.29 is 29.3 Å². The number of aromatic hydroxyl groups is 1. The molecule has 0 unspecified atom stereocenters. The number of nitrogens with zero attached hydrogens (tertiary/aromatic N) is 1. The highest BCUT2D eigenvalue weighted by Crippen LogP contribution is 2.31. The smallest absolute Gasteiger partial charge is 0.322 e. The Labute approximate surface area is 164 Å². The molecule has 1 amide bonds. The van der Waals surface area contributed by atoms with E-state index in [1.165, 1.54) is 24.8 Å². The number of nitrogens with one attached hydrogen (secondary N) is 1. The van der Waals surface area contributed by atoms with Crippen molar-refractivity contribution >= 4 is 22.8 Å². The number of fused-ring (bicyclic) bond motifs is 1. The van der Waals surface area contributed by atoms with E-state index in [1.807, 2.05) is 0 Å². The highest BCUT2D eigenvalue weighted by Gasteiger charge is 2.22. The van der Waals surface area contributed by atoms with Gasteiger partial charge in [-0.05, 0) is 24.3 Å². The minimum atomic E-state index is -1.27. The molecule has 0 fully saturated rings. The molecule has 3 aromatic rings. The van der Waals surface area contributed by atoms with Crippen molar-refractivity contribution in [2.24, 2.45) is 7.05 Å². The number of aliphatic carboxylic acids is 1. The van der Waals surface area contributed by atoms with Crippen LogP contribution in [0.3, 0.4) is 0 Å². The van der Waals surface area contributed by atoms with Crippen molar-refractivity contribution in [3.05, 3.63) is 58.4 Å². The maximum absolute atomic E-state index is 12.6. The van der Waals surface area contributed by atoms with Crippen molar-refractivity contribution in [3.63, 3.8) is 0 Å². The van der Waals surface area contributed by atoms with Crippen LogP contribution in [0.15, 0.2) is 47.3 Å². The number of ether oxygens (including phenoxy) is 2. The van der Waals surface area contributed by atoms with Gasteiger partial charge in [0.25, 0.3) is 11.5 Å². The van der Waals surface area contributed by atoms with Gasteiger partial charge in [-0.1, -0.05) is 6.07 Å². The van der Waals surface area contributed by atoms with Crippen LogP contribution in [-0.4, -0.2) is 40.3 Å². The Kier molecular flexibility index (Phi) is 5.40. The van der Waals surface area contributed by atoms with E-state index in [4.69, 9.17) is 14.6 Å². The van der Waals surface area contributed by atoms with Crippen LogP contribution >= 0.6 is 0 Å². The summed E-state index contributed by atoms with van der Waals surface area (Å²) < 4.78 is 12.1. The van der Waals surface area contributed by atoms with Crippen molar-refractivity contribution in [2.45, 2.75) is 0 Å². The zero-order valence-corrected chi connectivity index (χ0v) is 15.6. The maximum atomic E-state index is 12.6. The molecule has 0 bridgehead atoms. The number of rotatable bonds is 6. The number of benzene rings is 2. The largest absolute Gasteiger partial charge is 0.506 e. The van der Waals surface area contributed by atoms with E-state index in [2.05, 4.69) is 5.32 Å². The van der Waals surface area contributed by atoms with Gasteiger partial charge in [0.2, 0.25) is 0 Å². The number of carboxylic acid groups (broad SMARTS) is 1. The molecule has 150 valence electrons. The van der Waals surface area contributed by atoms with Gasteiger partial charge in [-0.2, -0.15) is 0 Å². The Balaban J connectivity index is 2.02. The molecule has 0 radical (unpaired) electrons. The Morgan fingerprint density at radius 3 is 2.48 bits per heavy atom. The molecule has 0 aliphatic heterocycles. The Morgan fingerprint density at radius 1 is 1.10 bits per heavy atom. The number of aromatic nitrogens is 1. The van der Waals surface area contributed by atoms with Gasteiger partial charge in [-0.15, -0.1) is 0 Å². The van der Waals surface area contributed by atoms with E-state index < -0.39 is 35.3 Å².